The zero-order valence-corrected chi connectivity index (χ0v) is 10.00. The van der Waals surface area contributed by atoms with Gasteiger partial charge in [0.15, 0.2) is 5.03 Å². The van der Waals surface area contributed by atoms with Crippen molar-refractivity contribution in [3.05, 3.63) is 21.6 Å². The van der Waals surface area contributed by atoms with E-state index in [1.807, 2.05) is 0 Å². The molecule has 1 fully saturated rings. The van der Waals surface area contributed by atoms with Crippen LogP contribution in [0.25, 0.3) is 0 Å². The van der Waals surface area contributed by atoms with Crippen molar-refractivity contribution in [1.82, 2.24) is 9.97 Å². The highest BCUT2D eigenvalue weighted by atomic mass is 35.5. The second-order valence-corrected chi connectivity index (χ2v) is 5.24. The minimum atomic E-state index is -0.465. The van der Waals surface area contributed by atoms with Crippen molar-refractivity contribution in [1.29, 1.82) is 0 Å². The Labute approximate surface area is 102 Å². The molecule has 0 unspecified atom stereocenters. The molecule has 1 aliphatic carbocycles. The van der Waals surface area contributed by atoms with E-state index in [4.69, 9.17) is 11.6 Å². The fraction of sp³-hybridized carbons (Fsp3) is 0.556. The Balaban J connectivity index is 2.22. The summed E-state index contributed by atoms with van der Waals surface area (Å²) in [7, 11) is 0. The van der Waals surface area contributed by atoms with Crippen LogP contribution in [0.15, 0.2) is 11.2 Å². The average Bonchev–Trinajstić information content (AvgIpc) is 2.70. The molecule has 2 rings (SSSR count). The van der Waals surface area contributed by atoms with Gasteiger partial charge in [-0.3, -0.25) is 10.1 Å². The molecule has 0 amide bonds. The Hall–Kier alpha value is -0.880. The zero-order valence-electron chi connectivity index (χ0n) is 8.43. The van der Waals surface area contributed by atoms with Gasteiger partial charge in [-0.25, -0.2) is 9.97 Å². The van der Waals surface area contributed by atoms with Crippen molar-refractivity contribution in [2.45, 2.75) is 36.0 Å². The van der Waals surface area contributed by atoms with Gasteiger partial charge in [0, 0.05) is 5.25 Å². The van der Waals surface area contributed by atoms with Gasteiger partial charge in [0.2, 0.25) is 5.28 Å². The molecule has 1 aromatic rings. The fourth-order valence-corrected chi connectivity index (χ4v) is 3.17. The summed E-state index contributed by atoms with van der Waals surface area (Å²) in [5.74, 6) is 0. The van der Waals surface area contributed by atoms with Gasteiger partial charge in [0.25, 0.3) is 0 Å². The molecule has 5 nitrogen and oxygen atoms in total. The van der Waals surface area contributed by atoms with Crippen LogP contribution in [0.5, 0.6) is 0 Å². The quantitative estimate of drug-likeness (QED) is 0.361. The first-order chi connectivity index (χ1) is 7.66. The smallest absolute Gasteiger partial charge is 0.258 e. The predicted octanol–water partition coefficient (Wildman–Crippen LogP) is 3.07. The van der Waals surface area contributed by atoms with Gasteiger partial charge in [0.1, 0.15) is 6.20 Å². The molecule has 1 saturated carbocycles. The van der Waals surface area contributed by atoms with Gasteiger partial charge in [0.05, 0.1) is 4.92 Å². The van der Waals surface area contributed by atoms with E-state index in [-0.39, 0.29) is 11.0 Å². The highest BCUT2D eigenvalue weighted by Crippen LogP contribution is 2.37. The van der Waals surface area contributed by atoms with Gasteiger partial charge in [-0.15, -0.1) is 0 Å². The number of hydrogen-bond donors (Lipinski definition) is 0. The summed E-state index contributed by atoms with van der Waals surface area (Å²) in [5.41, 5.74) is -0.0544. The van der Waals surface area contributed by atoms with E-state index < -0.39 is 4.92 Å². The minimum absolute atomic E-state index is 0.0544. The van der Waals surface area contributed by atoms with Crippen LogP contribution in [-0.2, 0) is 0 Å². The number of halogens is 1. The number of nitrogens with zero attached hydrogens (tertiary/aromatic N) is 3. The Morgan fingerprint density at radius 2 is 2.19 bits per heavy atom. The van der Waals surface area contributed by atoms with Gasteiger partial charge in [-0.2, -0.15) is 0 Å². The summed E-state index contributed by atoms with van der Waals surface area (Å²) in [6, 6.07) is 0. The molecular weight excluding hydrogens is 250 g/mol. The molecule has 1 heterocycles. The first kappa shape index (κ1) is 11.6. The van der Waals surface area contributed by atoms with E-state index in [0.717, 1.165) is 12.8 Å². The van der Waals surface area contributed by atoms with Crippen molar-refractivity contribution in [3.8, 4) is 0 Å². The summed E-state index contributed by atoms with van der Waals surface area (Å²) in [4.78, 5) is 17.9. The third-order valence-electron chi connectivity index (χ3n) is 2.48. The maximum Gasteiger partial charge on any atom is 0.319 e. The van der Waals surface area contributed by atoms with Crippen LogP contribution in [0, 0.1) is 10.1 Å². The second-order valence-electron chi connectivity index (χ2n) is 3.61. The van der Waals surface area contributed by atoms with Crippen molar-refractivity contribution in [2.75, 3.05) is 0 Å². The molecule has 0 saturated heterocycles. The van der Waals surface area contributed by atoms with Crippen LogP contribution >= 0.6 is 23.4 Å². The molecule has 1 aliphatic rings. The molecule has 0 bridgehead atoms. The van der Waals surface area contributed by atoms with E-state index in [2.05, 4.69) is 9.97 Å². The van der Waals surface area contributed by atoms with E-state index in [0.29, 0.717) is 10.3 Å². The summed E-state index contributed by atoms with van der Waals surface area (Å²) in [5, 5.41) is 11.6. The van der Waals surface area contributed by atoms with Crippen LogP contribution in [0.1, 0.15) is 25.7 Å². The van der Waals surface area contributed by atoms with Crippen LogP contribution in [-0.4, -0.2) is 20.1 Å². The van der Waals surface area contributed by atoms with E-state index in [1.165, 1.54) is 30.8 Å². The summed E-state index contributed by atoms with van der Waals surface area (Å²) < 4.78 is 0. The molecule has 86 valence electrons. The second kappa shape index (κ2) is 4.97. The maximum atomic E-state index is 10.8. The number of rotatable bonds is 3. The summed E-state index contributed by atoms with van der Waals surface area (Å²) in [6.07, 6.45) is 5.72. The molecule has 0 aliphatic heterocycles. The monoisotopic (exact) mass is 259 g/mol. The lowest BCUT2D eigenvalue weighted by atomic mass is 10.4. The number of nitro groups is 1. The molecular formula is C9H10ClN3O2S. The lowest BCUT2D eigenvalue weighted by Gasteiger charge is -2.07. The molecule has 16 heavy (non-hydrogen) atoms. The highest BCUT2D eigenvalue weighted by molar-refractivity contribution is 8.00. The van der Waals surface area contributed by atoms with Crippen LogP contribution in [0.3, 0.4) is 0 Å². The van der Waals surface area contributed by atoms with Crippen molar-refractivity contribution < 1.29 is 4.92 Å². The zero-order chi connectivity index (χ0) is 11.5. The Kier molecular flexibility index (Phi) is 3.60. The van der Waals surface area contributed by atoms with Gasteiger partial charge >= 0.3 is 5.69 Å². The van der Waals surface area contributed by atoms with Crippen molar-refractivity contribution in [3.63, 3.8) is 0 Å². The normalized spacial score (nSPS) is 16.6. The average molecular weight is 260 g/mol. The highest BCUT2D eigenvalue weighted by Gasteiger charge is 2.23. The van der Waals surface area contributed by atoms with Crippen molar-refractivity contribution in [2.24, 2.45) is 0 Å². The first-order valence-corrected chi connectivity index (χ1v) is 6.26. The van der Waals surface area contributed by atoms with Crippen LogP contribution in [0.2, 0.25) is 5.28 Å². The van der Waals surface area contributed by atoms with Gasteiger partial charge in [-0.1, -0.05) is 24.6 Å². The Morgan fingerprint density at radius 1 is 1.50 bits per heavy atom. The number of aromatic nitrogens is 2. The topological polar surface area (TPSA) is 68.9 Å². The van der Waals surface area contributed by atoms with E-state index in [9.17, 15) is 10.1 Å². The lowest BCUT2D eigenvalue weighted by molar-refractivity contribution is -0.388. The van der Waals surface area contributed by atoms with Crippen LogP contribution in [0.4, 0.5) is 5.69 Å². The Bertz CT molecular complexity index is 410. The first-order valence-electron chi connectivity index (χ1n) is 5.00. The maximum absolute atomic E-state index is 10.8. The lowest BCUT2D eigenvalue weighted by Crippen LogP contribution is -2.00. The van der Waals surface area contributed by atoms with Gasteiger partial charge in [-0.05, 0) is 24.4 Å². The molecule has 1 aromatic heterocycles. The number of hydrogen-bond acceptors (Lipinski definition) is 5. The minimum Gasteiger partial charge on any atom is -0.258 e. The molecule has 0 radical (unpaired) electrons. The third kappa shape index (κ3) is 2.62. The predicted molar refractivity (Wildman–Crippen MR) is 61.8 cm³/mol. The largest absolute Gasteiger partial charge is 0.319 e. The molecule has 0 N–H and O–H groups in total. The molecule has 7 heteroatoms. The third-order valence-corrected chi connectivity index (χ3v) is 3.99. The molecule has 0 aromatic carbocycles. The summed E-state index contributed by atoms with van der Waals surface area (Å²) >= 11 is 7.09. The van der Waals surface area contributed by atoms with Crippen LogP contribution < -0.4 is 0 Å². The van der Waals surface area contributed by atoms with Gasteiger partial charge < -0.3 is 0 Å². The fourth-order valence-electron chi connectivity index (χ4n) is 1.72. The Morgan fingerprint density at radius 3 is 2.81 bits per heavy atom. The SMILES string of the molecule is O=[N+]([O-])c1cnc(Cl)nc1SC1CCCC1. The number of thioether (sulfide) groups is 1. The molecule has 0 atom stereocenters. The van der Waals surface area contributed by atoms with E-state index >= 15 is 0 Å². The van der Waals surface area contributed by atoms with Crippen molar-refractivity contribution >= 4 is 29.1 Å². The molecule has 0 spiro atoms. The standard InChI is InChI=1S/C9H10ClN3O2S/c10-9-11-5-7(13(14)15)8(12-9)16-6-3-1-2-4-6/h5-6H,1-4H2. The summed E-state index contributed by atoms with van der Waals surface area (Å²) in [6.45, 7) is 0. The van der Waals surface area contributed by atoms with E-state index in [1.54, 1.807) is 0 Å².